The van der Waals surface area contributed by atoms with Crippen molar-refractivity contribution in [3.8, 4) is 11.4 Å². The SMILES string of the molecule is COc1ccc(C(=O)NC(CO)CCSC)cc1-n1cccn1. The molecule has 0 saturated heterocycles. The first kappa shape index (κ1) is 17.4. The maximum absolute atomic E-state index is 12.4. The van der Waals surface area contributed by atoms with E-state index in [1.165, 1.54) is 0 Å². The highest BCUT2D eigenvalue weighted by molar-refractivity contribution is 7.98. The van der Waals surface area contributed by atoms with Crippen LogP contribution in [0.15, 0.2) is 36.7 Å². The lowest BCUT2D eigenvalue weighted by Crippen LogP contribution is -2.38. The van der Waals surface area contributed by atoms with Gasteiger partial charge in [0.2, 0.25) is 0 Å². The molecule has 2 N–H and O–H groups in total. The molecule has 1 aromatic carbocycles. The fourth-order valence-electron chi connectivity index (χ4n) is 2.16. The second-order valence-corrected chi connectivity index (χ2v) is 5.96. The molecule has 23 heavy (non-hydrogen) atoms. The Kier molecular flexibility index (Phi) is 6.49. The van der Waals surface area contributed by atoms with Crippen LogP contribution in [0.3, 0.4) is 0 Å². The van der Waals surface area contributed by atoms with Gasteiger partial charge in [-0.05, 0) is 42.7 Å². The zero-order valence-electron chi connectivity index (χ0n) is 13.2. The van der Waals surface area contributed by atoms with E-state index in [1.54, 1.807) is 60.2 Å². The summed E-state index contributed by atoms with van der Waals surface area (Å²) in [6, 6.07) is 6.72. The Hall–Kier alpha value is -1.99. The smallest absolute Gasteiger partial charge is 0.251 e. The van der Waals surface area contributed by atoms with Crippen LogP contribution in [0.1, 0.15) is 16.8 Å². The molecule has 2 aromatic rings. The summed E-state index contributed by atoms with van der Waals surface area (Å²) in [4.78, 5) is 12.4. The molecule has 0 aliphatic carbocycles. The Bertz CT molecular complexity index is 632. The number of methoxy groups -OCH3 is 1. The number of carbonyl (C=O) groups excluding carboxylic acids is 1. The Balaban J connectivity index is 2.19. The number of hydrogen-bond donors (Lipinski definition) is 2. The van der Waals surface area contributed by atoms with Crippen molar-refractivity contribution in [1.29, 1.82) is 0 Å². The van der Waals surface area contributed by atoms with Crippen molar-refractivity contribution in [2.75, 3.05) is 25.7 Å². The summed E-state index contributed by atoms with van der Waals surface area (Å²) in [6.07, 6.45) is 6.17. The predicted octanol–water partition coefficient (Wildman–Crippen LogP) is 1.72. The van der Waals surface area contributed by atoms with Gasteiger partial charge in [0.15, 0.2) is 0 Å². The molecule has 0 aliphatic rings. The summed E-state index contributed by atoms with van der Waals surface area (Å²) in [5, 5.41) is 16.4. The van der Waals surface area contributed by atoms with Gasteiger partial charge in [-0.15, -0.1) is 0 Å². The highest BCUT2D eigenvalue weighted by Gasteiger charge is 2.15. The minimum Gasteiger partial charge on any atom is -0.494 e. The van der Waals surface area contributed by atoms with Crippen LogP contribution in [0, 0.1) is 0 Å². The van der Waals surface area contributed by atoms with E-state index in [-0.39, 0.29) is 18.6 Å². The molecule has 6 nitrogen and oxygen atoms in total. The van der Waals surface area contributed by atoms with Crippen LogP contribution in [-0.4, -0.2) is 52.6 Å². The first-order chi connectivity index (χ1) is 11.2. The fraction of sp³-hybridized carbons (Fsp3) is 0.375. The van der Waals surface area contributed by atoms with Gasteiger partial charge in [-0.25, -0.2) is 4.68 Å². The lowest BCUT2D eigenvalue weighted by atomic mass is 10.1. The summed E-state index contributed by atoms with van der Waals surface area (Å²) < 4.78 is 6.97. The van der Waals surface area contributed by atoms with Gasteiger partial charge in [-0.3, -0.25) is 4.79 Å². The average molecular weight is 335 g/mol. The summed E-state index contributed by atoms with van der Waals surface area (Å²) in [5.41, 5.74) is 1.19. The number of nitrogens with zero attached hydrogens (tertiary/aromatic N) is 2. The van der Waals surface area contributed by atoms with Crippen LogP contribution in [0.4, 0.5) is 0 Å². The molecular weight excluding hydrogens is 314 g/mol. The molecule has 1 unspecified atom stereocenters. The first-order valence-corrected chi connectivity index (χ1v) is 8.67. The molecule has 2 rings (SSSR count). The molecule has 7 heteroatoms. The van der Waals surface area contributed by atoms with E-state index in [1.807, 2.05) is 6.26 Å². The zero-order chi connectivity index (χ0) is 16.7. The largest absolute Gasteiger partial charge is 0.494 e. The molecule has 1 aromatic heterocycles. The predicted molar refractivity (Wildman–Crippen MR) is 91.5 cm³/mol. The van der Waals surface area contributed by atoms with E-state index in [2.05, 4.69) is 10.4 Å². The third kappa shape index (κ3) is 4.49. The highest BCUT2D eigenvalue weighted by Crippen LogP contribution is 2.23. The molecule has 0 radical (unpaired) electrons. The van der Waals surface area contributed by atoms with Gasteiger partial charge in [0.05, 0.1) is 19.8 Å². The quantitative estimate of drug-likeness (QED) is 0.768. The Morgan fingerprint density at radius 2 is 2.35 bits per heavy atom. The normalized spacial score (nSPS) is 12.0. The van der Waals surface area contributed by atoms with Crippen LogP contribution < -0.4 is 10.1 Å². The van der Waals surface area contributed by atoms with Crippen LogP contribution >= 0.6 is 11.8 Å². The van der Waals surface area contributed by atoms with E-state index < -0.39 is 0 Å². The third-order valence-corrected chi connectivity index (χ3v) is 4.06. The summed E-state index contributed by atoms with van der Waals surface area (Å²) in [6.45, 7) is -0.0749. The number of aliphatic hydroxyl groups is 1. The van der Waals surface area contributed by atoms with E-state index in [0.29, 0.717) is 17.0 Å². The molecule has 0 fully saturated rings. The summed E-state index contributed by atoms with van der Waals surface area (Å²) in [7, 11) is 1.58. The van der Waals surface area contributed by atoms with Crippen molar-refractivity contribution >= 4 is 17.7 Å². The molecule has 1 amide bonds. The Morgan fingerprint density at radius 1 is 1.52 bits per heavy atom. The molecule has 1 heterocycles. The second-order valence-electron chi connectivity index (χ2n) is 4.97. The monoisotopic (exact) mass is 335 g/mol. The van der Waals surface area contributed by atoms with Crippen LogP contribution in [0.25, 0.3) is 5.69 Å². The lowest BCUT2D eigenvalue weighted by molar-refractivity contribution is 0.0915. The summed E-state index contributed by atoms with van der Waals surface area (Å²) >= 11 is 1.68. The number of aromatic nitrogens is 2. The van der Waals surface area contributed by atoms with E-state index in [0.717, 1.165) is 12.2 Å². The van der Waals surface area contributed by atoms with Gasteiger partial charge in [0.25, 0.3) is 5.91 Å². The van der Waals surface area contributed by atoms with Crippen molar-refractivity contribution < 1.29 is 14.6 Å². The number of amides is 1. The van der Waals surface area contributed by atoms with Crippen LogP contribution in [0.5, 0.6) is 5.75 Å². The molecule has 0 saturated carbocycles. The summed E-state index contributed by atoms with van der Waals surface area (Å²) in [5.74, 6) is 1.29. The Morgan fingerprint density at radius 3 is 2.96 bits per heavy atom. The van der Waals surface area contributed by atoms with Gasteiger partial charge in [-0.2, -0.15) is 16.9 Å². The number of benzene rings is 1. The number of aliphatic hydroxyl groups excluding tert-OH is 1. The van der Waals surface area contributed by atoms with Gasteiger partial charge in [0, 0.05) is 18.0 Å². The number of ether oxygens (including phenoxy) is 1. The highest BCUT2D eigenvalue weighted by atomic mass is 32.2. The van der Waals surface area contributed by atoms with Crippen molar-refractivity contribution in [1.82, 2.24) is 15.1 Å². The number of hydrogen-bond acceptors (Lipinski definition) is 5. The van der Waals surface area contributed by atoms with Crippen molar-refractivity contribution in [2.24, 2.45) is 0 Å². The maximum atomic E-state index is 12.4. The van der Waals surface area contributed by atoms with Crippen LogP contribution in [-0.2, 0) is 0 Å². The third-order valence-electron chi connectivity index (χ3n) is 3.42. The van der Waals surface area contributed by atoms with Gasteiger partial charge in [0.1, 0.15) is 11.4 Å². The van der Waals surface area contributed by atoms with Crippen molar-refractivity contribution in [2.45, 2.75) is 12.5 Å². The van der Waals surface area contributed by atoms with E-state index in [4.69, 9.17) is 4.74 Å². The zero-order valence-corrected chi connectivity index (χ0v) is 14.0. The second kappa shape index (κ2) is 8.59. The molecule has 0 bridgehead atoms. The lowest BCUT2D eigenvalue weighted by Gasteiger charge is -2.16. The number of rotatable bonds is 8. The number of thioether (sulfide) groups is 1. The molecule has 0 aliphatic heterocycles. The molecule has 0 spiro atoms. The molecular formula is C16H21N3O3S. The first-order valence-electron chi connectivity index (χ1n) is 7.28. The van der Waals surface area contributed by atoms with Gasteiger partial charge < -0.3 is 15.2 Å². The van der Waals surface area contributed by atoms with E-state index >= 15 is 0 Å². The van der Waals surface area contributed by atoms with Crippen molar-refractivity contribution in [3.05, 3.63) is 42.2 Å². The Labute approximate surface area is 139 Å². The fourth-order valence-corrected chi connectivity index (χ4v) is 2.68. The number of nitrogens with one attached hydrogen (secondary N) is 1. The molecule has 124 valence electrons. The van der Waals surface area contributed by atoms with Gasteiger partial charge in [-0.1, -0.05) is 0 Å². The minimum absolute atomic E-state index is 0.0749. The number of carbonyl (C=O) groups is 1. The average Bonchev–Trinajstić information content (AvgIpc) is 3.12. The topological polar surface area (TPSA) is 76.4 Å². The standard InChI is InChI=1S/C16H21N3O3S/c1-22-15-5-4-12(10-14(15)19-8-3-7-17-19)16(21)18-13(11-20)6-9-23-2/h3-5,7-8,10,13,20H,6,9,11H2,1-2H3,(H,18,21). The molecule has 1 atom stereocenters. The van der Waals surface area contributed by atoms with Gasteiger partial charge >= 0.3 is 0 Å². The van der Waals surface area contributed by atoms with Crippen LogP contribution in [0.2, 0.25) is 0 Å². The minimum atomic E-state index is -0.245. The van der Waals surface area contributed by atoms with E-state index in [9.17, 15) is 9.90 Å². The maximum Gasteiger partial charge on any atom is 0.251 e. The van der Waals surface area contributed by atoms with Crippen molar-refractivity contribution in [3.63, 3.8) is 0 Å².